The number of alkyl halides is 1. The van der Waals surface area contributed by atoms with Crippen molar-refractivity contribution in [3.63, 3.8) is 0 Å². The van der Waals surface area contributed by atoms with E-state index >= 15 is 0 Å². The van der Waals surface area contributed by atoms with E-state index in [1.165, 1.54) is 11.1 Å². The molecule has 1 heterocycles. The number of hydrogen-bond acceptors (Lipinski definition) is 2. The van der Waals surface area contributed by atoms with Crippen LogP contribution in [0.2, 0.25) is 0 Å². The minimum absolute atomic E-state index is 0.258. The molecule has 2 unspecified atom stereocenters. The van der Waals surface area contributed by atoms with E-state index in [9.17, 15) is 0 Å². The van der Waals surface area contributed by atoms with Crippen molar-refractivity contribution >= 4 is 11.6 Å². The summed E-state index contributed by atoms with van der Waals surface area (Å²) in [6.07, 6.45) is 2.28. The molecule has 2 rings (SSSR count). The maximum Gasteiger partial charge on any atom is 0.123 e. The van der Waals surface area contributed by atoms with Crippen LogP contribution in [-0.4, -0.2) is 24.6 Å². The lowest BCUT2D eigenvalue weighted by Crippen LogP contribution is -2.40. The first-order valence-electron chi connectivity index (χ1n) is 7.15. The SMILES string of the molecule is Cc1ccc2c(c1)CC(CNC(CCCl)C(C)C)O2. The lowest BCUT2D eigenvalue weighted by molar-refractivity contribution is 0.214. The minimum Gasteiger partial charge on any atom is -0.488 e. The second-order valence-corrected chi connectivity index (χ2v) is 6.17. The maximum atomic E-state index is 5.97. The second kappa shape index (κ2) is 6.62. The third kappa shape index (κ3) is 3.87. The van der Waals surface area contributed by atoms with Crippen LogP contribution in [0.15, 0.2) is 18.2 Å². The Labute approximate surface area is 121 Å². The van der Waals surface area contributed by atoms with Gasteiger partial charge in [0.2, 0.25) is 0 Å². The van der Waals surface area contributed by atoms with Gasteiger partial charge in [-0.3, -0.25) is 0 Å². The van der Waals surface area contributed by atoms with Crippen LogP contribution in [-0.2, 0) is 6.42 Å². The fourth-order valence-corrected chi connectivity index (χ4v) is 2.87. The monoisotopic (exact) mass is 281 g/mol. The zero-order valence-electron chi connectivity index (χ0n) is 12.1. The number of benzene rings is 1. The summed E-state index contributed by atoms with van der Waals surface area (Å²) in [7, 11) is 0. The van der Waals surface area contributed by atoms with Crippen molar-refractivity contribution in [2.24, 2.45) is 5.92 Å². The molecule has 3 heteroatoms. The van der Waals surface area contributed by atoms with Crippen molar-refractivity contribution in [3.05, 3.63) is 29.3 Å². The van der Waals surface area contributed by atoms with Gasteiger partial charge in [-0.15, -0.1) is 11.6 Å². The number of fused-ring (bicyclic) bond motifs is 1. The first-order valence-corrected chi connectivity index (χ1v) is 7.69. The number of rotatable bonds is 6. The summed E-state index contributed by atoms with van der Waals surface area (Å²) in [5.74, 6) is 2.36. The van der Waals surface area contributed by atoms with Gasteiger partial charge >= 0.3 is 0 Å². The van der Waals surface area contributed by atoms with Crippen molar-refractivity contribution in [1.82, 2.24) is 5.32 Å². The molecule has 0 fully saturated rings. The Balaban J connectivity index is 1.86. The summed E-state index contributed by atoms with van der Waals surface area (Å²) in [6, 6.07) is 6.91. The van der Waals surface area contributed by atoms with Gasteiger partial charge in [0.05, 0.1) is 0 Å². The molecular formula is C16H24ClNO. The quantitative estimate of drug-likeness (QED) is 0.806. The van der Waals surface area contributed by atoms with E-state index in [0.717, 1.165) is 25.1 Å². The fourth-order valence-electron chi connectivity index (χ4n) is 2.63. The molecule has 1 aromatic rings. The van der Waals surface area contributed by atoms with Crippen LogP contribution in [0.3, 0.4) is 0 Å². The molecule has 0 bridgehead atoms. The molecule has 1 aromatic carbocycles. The number of nitrogens with one attached hydrogen (secondary N) is 1. The molecule has 2 nitrogen and oxygen atoms in total. The molecule has 0 saturated carbocycles. The molecule has 0 aromatic heterocycles. The van der Waals surface area contributed by atoms with Crippen LogP contribution in [0.25, 0.3) is 0 Å². The summed E-state index contributed by atoms with van der Waals surface area (Å²) < 4.78 is 5.97. The molecule has 0 radical (unpaired) electrons. The number of ether oxygens (including phenoxy) is 1. The highest BCUT2D eigenvalue weighted by Gasteiger charge is 2.24. The summed E-state index contributed by atoms with van der Waals surface area (Å²) in [6.45, 7) is 7.49. The van der Waals surface area contributed by atoms with E-state index < -0.39 is 0 Å². The zero-order valence-corrected chi connectivity index (χ0v) is 12.8. The Morgan fingerprint density at radius 3 is 2.89 bits per heavy atom. The van der Waals surface area contributed by atoms with Crippen molar-refractivity contribution in [2.75, 3.05) is 12.4 Å². The number of aryl methyl sites for hydroxylation is 1. The Morgan fingerprint density at radius 2 is 2.21 bits per heavy atom. The summed E-state index contributed by atoms with van der Waals surface area (Å²) in [4.78, 5) is 0. The molecule has 19 heavy (non-hydrogen) atoms. The van der Waals surface area contributed by atoms with Gasteiger partial charge in [-0.25, -0.2) is 0 Å². The molecule has 2 atom stereocenters. The molecule has 0 aliphatic carbocycles. The lowest BCUT2D eigenvalue weighted by Gasteiger charge is -2.23. The van der Waals surface area contributed by atoms with Gasteiger partial charge in [-0.05, 0) is 30.9 Å². The topological polar surface area (TPSA) is 21.3 Å². The normalized spacial score (nSPS) is 19.3. The van der Waals surface area contributed by atoms with E-state index in [0.29, 0.717) is 17.8 Å². The van der Waals surface area contributed by atoms with E-state index in [4.69, 9.17) is 16.3 Å². The van der Waals surface area contributed by atoms with E-state index in [1.54, 1.807) is 0 Å². The third-order valence-corrected chi connectivity index (χ3v) is 4.01. The highest BCUT2D eigenvalue weighted by molar-refractivity contribution is 6.17. The van der Waals surface area contributed by atoms with Crippen LogP contribution in [0.4, 0.5) is 0 Å². The largest absolute Gasteiger partial charge is 0.488 e. The van der Waals surface area contributed by atoms with E-state index in [2.05, 4.69) is 44.3 Å². The first-order chi connectivity index (χ1) is 9.10. The molecule has 0 spiro atoms. The van der Waals surface area contributed by atoms with E-state index in [-0.39, 0.29) is 6.10 Å². The first kappa shape index (κ1) is 14.7. The fraction of sp³-hybridized carbons (Fsp3) is 0.625. The van der Waals surface area contributed by atoms with Gasteiger partial charge in [0.25, 0.3) is 0 Å². The van der Waals surface area contributed by atoms with Crippen LogP contribution in [0.5, 0.6) is 5.75 Å². The second-order valence-electron chi connectivity index (χ2n) is 5.79. The molecule has 1 aliphatic heterocycles. The molecule has 1 aliphatic rings. The van der Waals surface area contributed by atoms with Gasteiger partial charge in [0, 0.05) is 24.9 Å². The summed E-state index contributed by atoms with van der Waals surface area (Å²) in [5, 5.41) is 3.60. The van der Waals surface area contributed by atoms with Gasteiger partial charge in [0.15, 0.2) is 0 Å². The highest BCUT2D eigenvalue weighted by atomic mass is 35.5. The minimum atomic E-state index is 0.258. The highest BCUT2D eigenvalue weighted by Crippen LogP contribution is 2.29. The maximum absolute atomic E-state index is 5.97. The van der Waals surface area contributed by atoms with Crippen molar-refractivity contribution in [3.8, 4) is 5.75 Å². The van der Waals surface area contributed by atoms with Gasteiger partial charge in [-0.2, -0.15) is 0 Å². The van der Waals surface area contributed by atoms with Crippen LogP contribution < -0.4 is 10.1 Å². The average molecular weight is 282 g/mol. The Morgan fingerprint density at radius 1 is 1.42 bits per heavy atom. The van der Waals surface area contributed by atoms with Gasteiger partial charge < -0.3 is 10.1 Å². The van der Waals surface area contributed by atoms with E-state index in [1.807, 2.05) is 0 Å². The molecule has 106 valence electrons. The molecule has 1 N–H and O–H groups in total. The molecule has 0 saturated heterocycles. The Hall–Kier alpha value is -0.730. The zero-order chi connectivity index (χ0) is 13.8. The number of halogens is 1. The Kier molecular flexibility index (Phi) is 5.12. The predicted molar refractivity (Wildman–Crippen MR) is 81.3 cm³/mol. The van der Waals surface area contributed by atoms with Crippen LogP contribution >= 0.6 is 11.6 Å². The average Bonchev–Trinajstić information content (AvgIpc) is 2.75. The van der Waals surface area contributed by atoms with Crippen LogP contribution in [0, 0.1) is 12.8 Å². The predicted octanol–water partition coefficient (Wildman–Crippen LogP) is 3.54. The number of hydrogen-bond donors (Lipinski definition) is 1. The van der Waals surface area contributed by atoms with Gasteiger partial charge in [0.1, 0.15) is 11.9 Å². The Bertz CT molecular complexity index is 419. The molecule has 0 amide bonds. The van der Waals surface area contributed by atoms with Crippen molar-refractivity contribution < 1.29 is 4.74 Å². The summed E-state index contributed by atoms with van der Waals surface area (Å²) >= 11 is 5.85. The molecular weight excluding hydrogens is 258 g/mol. The van der Waals surface area contributed by atoms with Crippen LogP contribution in [0.1, 0.15) is 31.4 Å². The van der Waals surface area contributed by atoms with Crippen molar-refractivity contribution in [1.29, 1.82) is 0 Å². The van der Waals surface area contributed by atoms with Gasteiger partial charge in [-0.1, -0.05) is 31.5 Å². The van der Waals surface area contributed by atoms with Crippen molar-refractivity contribution in [2.45, 2.75) is 45.8 Å². The third-order valence-electron chi connectivity index (χ3n) is 3.79. The summed E-state index contributed by atoms with van der Waals surface area (Å²) in [5.41, 5.74) is 2.64. The smallest absolute Gasteiger partial charge is 0.123 e. The standard InChI is InChI=1S/C16H24ClNO/c1-11(2)15(6-7-17)18-10-14-9-13-8-12(3)4-5-16(13)19-14/h4-5,8,11,14-15,18H,6-7,9-10H2,1-3H3. The lowest BCUT2D eigenvalue weighted by atomic mass is 10.0.